The van der Waals surface area contributed by atoms with Crippen molar-refractivity contribution < 1.29 is 9.90 Å². The molecule has 2 bridgehead atoms. The number of aliphatic hydroxyl groups is 1. The Morgan fingerprint density at radius 1 is 1.23 bits per heavy atom. The summed E-state index contributed by atoms with van der Waals surface area (Å²) in [6.45, 7) is 0.200. The molecule has 26 heavy (non-hydrogen) atoms. The number of Topliss-reactive ketones (excluding diaryl/α,β-unsaturated/α-hetero) is 1. The number of fused-ring (bicyclic) bond motifs is 1. The molecule has 0 amide bonds. The minimum absolute atomic E-state index is 0.0402. The van der Waals surface area contributed by atoms with E-state index in [9.17, 15) is 9.90 Å². The summed E-state index contributed by atoms with van der Waals surface area (Å²) in [5.41, 5.74) is 2.75. The molecule has 3 aromatic rings. The lowest BCUT2D eigenvalue weighted by atomic mass is 9.34. The van der Waals surface area contributed by atoms with Gasteiger partial charge in [-0.1, -0.05) is 12.1 Å². The second kappa shape index (κ2) is 5.20. The first-order valence-electron chi connectivity index (χ1n) is 8.90. The van der Waals surface area contributed by atoms with E-state index in [4.69, 9.17) is 0 Å². The predicted molar refractivity (Wildman–Crippen MR) is 96.3 cm³/mol. The Morgan fingerprint density at radius 3 is 2.73 bits per heavy atom. The van der Waals surface area contributed by atoms with Crippen molar-refractivity contribution in [2.45, 2.75) is 25.7 Å². The van der Waals surface area contributed by atoms with E-state index in [1.54, 1.807) is 10.9 Å². The monoisotopic (exact) mass is 348 g/mol. The van der Waals surface area contributed by atoms with Crippen molar-refractivity contribution in [2.75, 3.05) is 6.61 Å². The maximum atomic E-state index is 12.7. The highest BCUT2D eigenvalue weighted by atomic mass is 16.3. The third-order valence-corrected chi connectivity index (χ3v) is 6.06. The Bertz CT molecular complexity index is 1020. The van der Waals surface area contributed by atoms with Gasteiger partial charge in [0.25, 0.3) is 0 Å². The highest BCUT2D eigenvalue weighted by molar-refractivity contribution is 5.90. The SMILES string of the molecule is Cn1cc(-c2ccc3cnc(CC(=O)C45CC(CO)(C4)C5)nc3c2)cn1. The molecule has 132 valence electrons. The number of benzene rings is 1. The predicted octanol–water partition coefficient (Wildman–Crippen LogP) is 2.30. The van der Waals surface area contributed by atoms with Crippen molar-refractivity contribution in [1.82, 2.24) is 19.7 Å². The molecule has 0 spiro atoms. The van der Waals surface area contributed by atoms with Crippen LogP contribution in [0.3, 0.4) is 0 Å². The number of hydrogen-bond acceptors (Lipinski definition) is 5. The average molecular weight is 348 g/mol. The van der Waals surface area contributed by atoms with Crippen LogP contribution in [0.25, 0.3) is 22.0 Å². The third kappa shape index (κ3) is 2.22. The fourth-order valence-electron chi connectivity index (χ4n) is 4.69. The van der Waals surface area contributed by atoms with Gasteiger partial charge in [-0.3, -0.25) is 9.48 Å². The van der Waals surface area contributed by atoms with Gasteiger partial charge in [0.1, 0.15) is 11.6 Å². The molecule has 3 fully saturated rings. The first-order valence-corrected chi connectivity index (χ1v) is 8.90. The zero-order chi connectivity index (χ0) is 17.9. The summed E-state index contributed by atoms with van der Waals surface area (Å²) in [6, 6.07) is 6.04. The third-order valence-electron chi connectivity index (χ3n) is 6.06. The molecular weight excluding hydrogens is 328 g/mol. The van der Waals surface area contributed by atoms with E-state index in [2.05, 4.69) is 15.1 Å². The number of aliphatic hydroxyl groups excluding tert-OH is 1. The van der Waals surface area contributed by atoms with E-state index in [0.717, 1.165) is 41.3 Å². The number of rotatable bonds is 5. The van der Waals surface area contributed by atoms with Gasteiger partial charge in [0.05, 0.1) is 18.1 Å². The van der Waals surface area contributed by atoms with E-state index in [-0.39, 0.29) is 29.6 Å². The molecule has 3 aliphatic rings. The van der Waals surface area contributed by atoms with Gasteiger partial charge in [0.15, 0.2) is 0 Å². The van der Waals surface area contributed by atoms with Crippen molar-refractivity contribution in [2.24, 2.45) is 17.9 Å². The average Bonchev–Trinajstić information content (AvgIpc) is 2.99. The van der Waals surface area contributed by atoms with Gasteiger partial charge in [-0.2, -0.15) is 5.10 Å². The fourth-order valence-corrected chi connectivity index (χ4v) is 4.69. The second-order valence-electron chi connectivity index (χ2n) is 8.03. The number of aryl methyl sites for hydroxylation is 1. The molecule has 0 aliphatic heterocycles. The normalized spacial score (nSPS) is 26.4. The van der Waals surface area contributed by atoms with Gasteiger partial charge >= 0.3 is 0 Å². The first kappa shape index (κ1) is 15.6. The number of hydrogen-bond donors (Lipinski definition) is 1. The number of carbonyl (C=O) groups excluding carboxylic acids is 1. The van der Waals surface area contributed by atoms with Gasteiger partial charge < -0.3 is 5.11 Å². The van der Waals surface area contributed by atoms with Gasteiger partial charge in [-0.25, -0.2) is 9.97 Å². The summed E-state index contributed by atoms with van der Waals surface area (Å²) in [5, 5.41) is 14.5. The number of nitrogens with zero attached hydrogens (tertiary/aromatic N) is 4. The maximum absolute atomic E-state index is 12.7. The smallest absolute Gasteiger partial charge is 0.146 e. The van der Waals surface area contributed by atoms with Crippen LogP contribution < -0.4 is 0 Å². The van der Waals surface area contributed by atoms with Crippen LogP contribution in [-0.2, 0) is 18.3 Å². The van der Waals surface area contributed by atoms with Crippen molar-refractivity contribution in [3.63, 3.8) is 0 Å². The lowest BCUT2D eigenvalue weighted by molar-refractivity contribution is -0.218. The summed E-state index contributed by atoms with van der Waals surface area (Å²) < 4.78 is 1.77. The minimum Gasteiger partial charge on any atom is -0.396 e. The largest absolute Gasteiger partial charge is 0.396 e. The maximum Gasteiger partial charge on any atom is 0.146 e. The van der Waals surface area contributed by atoms with Crippen LogP contribution in [0.15, 0.2) is 36.8 Å². The summed E-state index contributed by atoms with van der Waals surface area (Å²) in [6.07, 6.45) is 8.33. The van der Waals surface area contributed by atoms with Crippen molar-refractivity contribution in [3.8, 4) is 11.1 Å². The molecule has 0 radical (unpaired) electrons. The zero-order valence-corrected chi connectivity index (χ0v) is 14.6. The van der Waals surface area contributed by atoms with Crippen molar-refractivity contribution in [1.29, 1.82) is 0 Å². The topological polar surface area (TPSA) is 80.9 Å². The molecule has 3 aliphatic carbocycles. The van der Waals surface area contributed by atoms with Crippen molar-refractivity contribution in [3.05, 3.63) is 42.6 Å². The summed E-state index contributed by atoms with van der Waals surface area (Å²) in [4.78, 5) is 21.7. The van der Waals surface area contributed by atoms with E-state index in [1.165, 1.54) is 0 Å². The Balaban J connectivity index is 1.40. The first-order chi connectivity index (χ1) is 12.5. The zero-order valence-electron chi connectivity index (χ0n) is 14.6. The van der Waals surface area contributed by atoms with Crippen LogP contribution in [0, 0.1) is 10.8 Å². The van der Waals surface area contributed by atoms with E-state index < -0.39 is 0 Å². The molecule has 6 nitrogen and oxygen atoms in total. The Kier molecular flexibility index (Phi) is 3.13. The van der Waals surface area contributed by atoms with Crippen LogP contribution in [0.2, 0.25) is 0 Å². The van der Waals surface area contributed by atoms with E-state index >= 15 is 0 Å². The van der Waals surface area contributed by atoms with Crippen molar-refractivity contribution >= 4 is 16.7 Å². The second-order valence-corrected chi connectivity index (χ2v) is 8.03. The molecule has 1 aromatic carbocycles. The summed E-state index contributed by atoms with van der Waals surface area (Å²) in [5.74, 6) is 0.796. The van der Waals surface area contributed by atoms with Gasteiger partial charge in [0, 0.05) is 42.4 Å². The van der Waals surface area contributed by atoms with Crippen LogP contribution >= 0.6 is 0 Å². The highest BCUT2D eigenvalue weighted by Gasteiger charge is 2.70. The van der Waals surface area contributed by atoms with Gasteiger partial charge in [-0.05, 0) is 36.3 Å². The summed E-state index contributed by atoms with van der Waals surface area (Å²) in [7, 11) is 1.89. The molecule has 6 rings (SSSR count). The molecule has 0 saturated heterocycles. The van der Waals surface area contributed by atoms with E-state index in [1.807, 2.05) is 37.6 Å². The quantitative estimate of drug-likeness (QED) is 0.765. The van der Waals surface area contributed by atoms with E-state index in [0.29, 0.717) is 5.82 Å². The van der Waals surface area contributed by atoms with Crippen LogP contribution in [0.4, 0.5) is 0 Å². The molecule has 6 heteroatoms. The fraction of sp³-hybridized carbons (Fsp3) is 0.400. The molecule has 0 unspecified atom stereocenters. The molecule has 3 saturated carbocycles. The lowest BCUT2D eigenvalue weighted by Crippen LogP contribution is -2.67. The number of ketones is 1. The van der Waals surface area contributed by atoms with Crippen LogP contribution in [0.5, 0.6) is 0 Å². The summed E-state index contributed by atoms with van der Waals surface area (Å²) >= 11 is 0. The lowest BCUT2D eigenvalue weighted by Gasteiger charge is -2.69. The Morgan fingerprint density at radius 2 is 2.04 bits per heavy atom. The Labute approximate surface area is 150 Å². The highest BCUT2D eigenvalue weighted by Crippen LogP contribution is 2.73. The van der Waals surface area contributed by atoms with Gasteiger partial charge in [-0.15, -0.1) is 0 Å². The van der Waals surface area contributed by atoms with Gasteiger partial charge in [0.2, 0.25) is 0 Å². The van der Waals surface area contributed by atoms with Crippen LogP contribution in [0.1, 0.15) is 25.1 Å². The molecule has 0 atom stereocenters. The molecular formula is C20H20N4O2. The molecule has 1 N–H and O–H groups in total. The minimum atomic E-state index is -0.210. The number of aromatic nitrogens is 4. The number of carbonyl (C=O) groups is 1. The standard InChI is InChI=1S/C20H20N4O2/c1-24-8-15(7-22-24)13-2-3-14-6-21-18(23-16(14)4-13)5-17(26)20-9-19(10-20,11-20)12-25/h2-4,6-8,25H,5,9-12H2,1H3. The molecule has 2 aromatic heterocycles. The van der Waals surface area contributed by atoms with Crippen LogP contribution in [-0.4, -0.2) is 37.2 Å². The molecule has 2 heterocycles. The Hall–Kier alpha value is -2.60.